The van der Waals surface area contributed by atoms with Crippen LogP contribution in [0.2, 0.25) is 0 Å². The van der Waals surface area contributed by atoms with Crippen molar-refractivity contribution >= 4 is 17.0 Å². The molecule has 124 valence electrons. The van der Waals surface area contributed by atoms with E-state index < -0.39 is 0 Å². The molecule has 1 aromatic heterocycles. The third kappa shape index (κ3) is 3.08. The van der Waals surface area contributed by atoms with Crippen LogP contribution in [0.25, 0.3) is 11.0 Å². The standard InChI is InChI=1S/C17H22FN3O2/c1-3-21-14-8-4-7-13(18)16(14)19-15(21)11-20-9-5-6-12(10-20)17(22)23-2/h4,7-8,12H,3,5-6,9-11H2,1-2H3/t12-/m0/s1. The van der Waals surface area contributed by atoms with Crippen molar-refractivity contribution in [1.29, 1.82) is 0 Å². The van der Waals surface area contributed by atoms with Crippen molar-refractivity contribution in [3.8, 4) is 0 Å². The van der Waals surface area contributed by atoms with Gasteiger partial charge in [0.2, 0.25) is 0 Å². The second kappa shape index (κ2) is 6.66. The summed E-state index contributed by atoms with van der Waals surface area (Å²) in [6, 6.07) is 5.04. The summed E-state index contributed by atoms with van der Waals surface area (Å²) in [6.45, 7) is 4.98. The molecule has 1 saturated heterocycles. The molecule has 1 aliphatic heterocycles. The van der Waals surface area contributed by atoms with Gasteiger partial charge in [-0.2, -0.15) is 0 Å². The summed E-state index contributed by atoms with van der Waals surface area (Å²) < 4.78 is 20.9. The summed E-state index contributed by atoms with van der Waals surface area (Å²) >= 11 is 0. The fourth-order valence-electron chi connectivity index (χ4n) is 3.39. The van der Waals surface area contributed by atoms with E-state index in [1.165, 1.54) is 13.2 Å². The van der Waals surface area contributed by atoms with Crippen LogP contribution in [0.1, 0.15) is 25.6 Å². The number of likely N-dealkylation sites (tertiary alicyclic amines) is 1. The number of rotatable bonds is 4. The molecule has 1 aromatic carbocycles. The molecule has 3 rings (SSSR count). The minimum absolute atomic E-state index is 0.0788. The van der Waals surface area contributed by atoms with E-state index in [-0.39, 0.29) is 17.7 Å². The predicted octanol–water partition coefficient (Wildman–Crippen LogP) is 2.58. The van der Waals surface area contributed by atoms with Gasteiger partial charge in [-0.15, -0.1) is 0 Å². The Bertz CT molecular complexity index is 713. The number of esters is 1. The molecule has 0 unspecified atom stereocenters. The minimum Gasteiger partial charge on any atom is -0.469 e. The molecule has 23 heavy (non-hydrogen) atoms. The molecule has 0 aliphatic carbocycles. The highest BCUT2D eigenvalue weighted by molar-refractivity contribution is 5.76. The van der Waals surface area contributed by atoms with E-state index in [2.05, 4.69) is 9.88 Å². The number of carbonyl (C=O) groups is 1. The number of methoxy groups -OCH3 is 1. The molecule has 0 radical (unpaired) electrons. The summed E-state index contributed by atoms with van der Waals surface area (Å²) in [5.41, 5.74) is 1.25. The molecule has 6 heteroatoms. The number of aromatic nitrogens is 2. The summed E-state index contributed by atoms with van der Waals surface area (Å²) in [5.74, 6) is 0.329. The van der Waals surface area contributed by atoms with Gasteiger partial charge in [0.25, 0.3) is 0 Å². The average Bonchev–Trinajstić information content (AvgIpc) is 2.93. The lowest BCUT2D eigenvalue weighted by Crippen LogP contribution is -2.39. The van der Waals surface area contributed by atoms with Crippen molar-refractivity contribution in [3.05, 3.63) is 29.8 Å². The number of imidazole rings is 1. The van der Waals surface area contributed by atoms with Gasteiger partial charge in [0.05, 0.1) is 25.1 Å². The Balaban J connectivity index is 1.83. The largest absolute Gasteiger partial charge is 0.469 e. The summed E-state index contributed by atoms with van der Waals surface area (Å²) in [6.07, 6.45) is 1.82. The van der Waals surface area contributed by atoms with Gasteiger partial charge in [-0.25, -0.2) is 9.37 Å². The van der Waals surface area contributed by atoms with Crippen LogP contribution < -0.4 is 0 Å². The second-order valence-corrected chi connectivity index (χ2v) is 5.98. The minimum atomic E-state index is -0.290. The van der Waals surface area contributed by atoms with Gasteiger partial charge in [-0.05, 0) is 38.4 Å². The molecule has 0 N–H and O–H groups in total. The van der Waals surface area contributed by atoms with Gasteiger partial charge in [0, 0.05) is 13.1 Å². The third-order valence-electron chi connectivity index (χ3n) is 4.53. The molecule has 0 amide bonds. The summed E-state index contributed by atoms with van der Waals surface area (Å²) in [7, 11) is 1.43. The molecule has 1 fully saturated rings. The predicted molar refractivity (Wildman–Crippen MR) is 85.4 cm³/mol. The van der Waals surface area contributed by atoms with Gasteiger partial charge >= 0.3 is 5.97 Å². The summed E-state index contributed by atoms with van der Waals surface area (Å²) in [4.78, 5) is 18.5. The highest BCUT2D eigenvalue weighted by Gasteiger charge is 2.27. The molecule has 0 bridgehead atoms. The van der Waals surface area contributed by atoms with E-state index in [1.807, 2.05) is 17.6 Å². The number of halogens is 1. The molecule has 5 nitrogen and oxygen atoms in total. The maximum absolute atomic E-state index is 14.0. The number of hydrogen-bond acceptors (Lipinski definition) is 4. The van der Waals surface area contributed by atoms with Crippen LogP contribution in [0.3, 0.4) is 0 Å². The van der Waals surface area contributed by atoms with E-state index in [4.69, 9.17) is 4.74 Å². The van der Waals surface area contributed by atoms with Crippen LogP contribution in [-0.4, -0.2) is 40.6 Å². The van der Waals surface area contributed by atoms with Crippen molar-refractivity contribution < 1.29 is 13.9 Å². The van der Waals surface area contributed by atoms with E-state index in [1.54, 1.807) is 6.07 Å². The SMILES string of the molecule is CCn1c(CN2CCC[C@H](C(=O)OC)C2)nc2c(F)cccc21. The highest BCUT2D eigenvalue weighted by Crippen LogP contribution is 2.23. The van der Waals surface area contributed by atoms with Gasteiger partial charge in [-0.3, -0.25) is 9.69 Å². The Morgan fingerprint density at radius 1 is 1.48 bits per heavy atom. The molecule has 1 atom stereocenters. The first-order chi connectivity index (χ1) is 11.1. The van der Waals surface area contributed by atoms with Crippen LogP contribution in [0.15, 0.2) is 18.2 Å². The Morgan fingerprint density at radius 2 is 2.30 bits per heavy atom. The van der Waals surface area contributed by atoms with Crippen LogP contribution in [0.5, 0.6) is 0 Å². The Morgan fingerprint density at radius 3 is 3.04 bits per heavy atom. The number of aryl methyl sites for hydroxylation is 1. The highest BCUT2D eigenvalue weighted by atomic mass is 19.1. The number of hydrogen-bond donors (Lipinski definition) is 0. The second-order valence-electron chi connectivity index (χ2n) is 5.98. The van der Waals surface area contributed by atoms with Crippen molar-refractivity contribution in [2.24, 2.45) is 5.92 Å². The van der Waals surface area contributed by atoms with Crippen LogP contribution in [0, 0.1) is 11.7 Å². The lowest BCUT2D eigenvalue weighted by atomic mass is 9.98. The van der Waals surface area contributed by atoms with Gasteiger partial charge < -0.3 is 9.30 Å². The van der Waals surface area contributed by atoms with Crippen LogP contribution >= 0.6 is 0 Å². The number of piperidine rings is 1. The molecule has 1 aliphatic rings. The zero-order valence-corrected chi connectivity index (χ0v) is 13.6. The van der Waals surface area contributed by atoms with Gasteiger partial charge in [-0.1, -0.05) is 6.07 Å². The van der Waals surface area contributed by atoms with Gasteiger partial charge in [0.15, 0.2) is 5.82 Å². The fourth-order valence-corrected chi connectivity index (χ4v) is 3.39. The van der Waals surface area contributed by atoms with Crippen molar-refractivity contribution in [1.82, 2.24) is 14.5 Å². The van der Waals surface area contributed by atoms with Crippen LogP contribution in [0.4, 0.5) is 4.39 Å². The number of carbonyl (C=O) groups excluding carboxylic acids is 1. The third-order valence-corrected chi connectivity index (χ3v) is 4.53. The van der Waals surface area contributed by atoms with Crippen LogP contribution in [-0.2, 0) is 22.6 Å². The Hall–Kier alpha value is -1.95. The number of nitrogens with zero attached hydrogens (tertiary/aromatic N) is 3. The number of benzene rings is 1. The first-order valence-electron chi connectivity index (χ1n) is 8.07. The van der Waals surface area contributed by atoms with Gasteiger partial charge in [0.1, 0.15) is 11.3 Å². The smallest absolute Gasteiger partial charge is 0.309 e. The summed E-state index contributed by atoms with van der Waals surface area (Å²) in [5, 5.41) is 0. The lowest BCUT2D eigenvalue weighted by molar-refractivity contribution is -0.147. The Kier molecular flexibility index (Phi) is 4.61. The van der Waals surface area contributed by atoms with Crippen molar-refractivity contribution in [2.45, 2.75) is 32.9 Å². The maximum Gasteiger partial charge on any atom is 0.309 e. The maximum atomic E-state index is 14.0. The molecular formula is C17H22FN3O2. The van der Waals surface area contributed by atoms with Crippen molar-refractivity contribution in [3.63, 3.8) is 0 Å². The van der Waals surface area contributed by atoms with E-state index in [9.17, 15) is 9.18 Å². The molecule has 0 saturated carbocycles. The monoisotopic (exact) mass is 319 g/mol. The lowest BCUT2D eigenvalue weighted by Gasteiger charge is -2.31. The number of ether oxygens (including phenoxy) is 1. The first-order valence-corrected chi connectivity index (χ1v) is 8.07. The average molecular weight is 319 g/mol. The zero-order valence-electron chi connectivity index (χ0n) is 13.6. The molecular weight excluding hydrogens is 297 g/mol. The quantitative estimate of drug-likeness (QED) is 0.813. The number of fused-ring (bicyclic) bond motifs is 1. The Labute approximate surface area is 135 Å². The first kappa shape index (κ1) is 15.9. The van der Waals surface area contributed by atoms with Crippen molar-refractivity contribution in [2.75, 3.05) is 20.2 Å². The normalized spacial score (nSPS) is 19.2. The topological polar surface area (TPSA) is 47.4 Å². The molecule has 2 aromatic rings. The van der Waals surface area contributed by atoms with E-state index in [0.29, 0.717) is 18.6 Å². The molecule has 0 spiro atoms. The van der Waals surface area contributed by atoms with E-state index >= 15 is 0 Å². The number of para-hydroxylation sites is 1. The fraction of sp³-hybridized carbons (Fsp3) is 0.529. The van der Waals surface area contributed by atoms with E-state index in [0.717, 1.165) is 37.3 Å². The zero-order chi connectivity index (χ0) is 16.4. The molecule has 2 heterocycles.